The Hall–Kier alpha value is -0.833. The zero-order chi connectivity index (χ0) is 13.1. The van der Waals surface area contributed by atoms with Crippen molar-refractivity contribution in [3.05, 3.63) is 17.0 Å². The molecule has 2 N–H and O–H groups in total. The smallest absolute Gasteiger partial charge is 0.337 e. The molecule has 4 heteroatoms. The molecule has 16 heavy (non-hydrogen) atoms. The largest absolute Gasteiger partial charge is 0.479 e. The summed E-state index contributed by atoms with van der Waals surface area (Å²) in [5.41, 5.74) is 5.26. The van der Waals surface area contributed by atoms with Gasteiger partial charge in [0, 0.05) is 5.57 Å². The first kappa shape index (κ1) is 15.2. The molecule has 0 spiro atoms. The van der Waals surface area contributed by atoms with E-state index in [0.29, 0.717) is 5.57 Å². The maximum Gasteiger partial charge on any atom is 0.337 e. The van der Waals surface area contributed by atoms with E-state index in [1.807, 2.05) is 5.70 Å². The van der Waals surface area contributed by atoms with Crippen molar-refractivity contribution in [2.45, 2.75) is 51.9 Å². The number of carboxylic acid groups (broad SMARTS) is 1. The third kappa shape index (κ3) is 3.97. The predicted octanol–water partition coefficient (Wildman–Crippen LogP) is 2.58. The molecular formula is C12H22O3Si. The van der Waals surface area contributed by atoms with Gasteiger partial charge in [-0.15, -0.1) is 5.73 Å². The van der Waals surface area contributed by atoms with Crippen LogP contribution in [-0.4, -0.2) is 30.4 Å². The lowest BCUT2D eigenvalue weighted by Crippen LogP contribution is -2.34. The molecule has 0 aromatic carbocycles. The molecular weight excluding hydrogens is 220 g/mol. The van der Waals surface area contributed by atoms with Gasteiger partial charge < -0.3 is 10.2 Å². The summed E-state index contributed by atoms with van der Waals surface area (Å²) in [6.07, 6.45) is -1.44. The standard InChI is InChI=1S/C12H22O3Si/c1-9(10(13)11(14)15)7-8-16(5,6)12(2,3)4/h8,10,13H,1-6H3,(H,14,15). The van der Waals surface area contributed by atoms with E-state index in [0.717, 1.165) is 0 Å². The average molecular weight is 242 g/mol. The van der Waals surface area contributed by atoms with Crippen molar-refractivity contribution >= 4 is 14.0 Å². The molecule has 0 aromatic heterocycles. The molecule has 0 saturated heterocycles. The van der Waals surface area contributed by atoms with Crippen LogP contribution in [0.3, 0.4) is 0 Å². The minimum atomic E-state index is -1.61. The lowest BCUT2D eigenvalue weighted by molar-refractivity contribution is -0.144. The molecule has 0 heterocycles. The van der Waals surface area contributed by atoms with Crippen molar-refractivity contribution in [2.24, 2.45) is 0 Å². The van der Waals surface area contributed by atoms with Crippen LogP contribution in [-0.2, 0) is 4.79 Å². The van der Waals surface area contributed by atoms with Gasteiger partial charge in [0.15, 0.2) is 6.10 Å². The second-order valence-corrected chi connectivity index (χ2v) is 10.9. The first-order valence-corrected chi connectivity index (χ1v) is 8.42. The minimum Gasteiger partial charge on any atom is -0.479 e. The zero-order valence-corrected chi connectivity index (χ0v) is 12.0. The quantitative estimate of drug-likeness (QED) is 0.591. The number of rotatable bonds is 3. The topological polar surface area (TPSA) is 57.5 Å². The van der Waals surface area contributed by atoms with Crippen LogP contribution in [0.1, 0.15) is 27.7 Å². The molecule has 0 aromatic rings. The molecule has 0 saturated carbocycles. The van der Waals surface area contributed by atoms with Crippen molar-refractivity contribution in [2.75, 3.05) is 0 Å². The fourth-order valence-electron chi connectivity index (χ4n) is 0.775. The third-order valence-electron chi connectivity index (χ3n) is 3.24. The van der Waals surface area contributed by atoms with Gasteiger partial charge in [-0.3, -0.25) is 0 Å². The monoisotopic (exact) mass is 242 g/mol. The Morgan fingerprint density at radius 3 is 2.12 bits per heavy atom. The van der Waals surface area contributed by atoms with Crippen molar-refractivity contribution < 1.29 is 15.0 Å². The minimum absolute atomic E-state index is 0.189. The van der Waals surface area contributed by atoms with Gasteiger partial charge in [-0.2, -0.15) is 0 Å². The molecule has 0 aliphatic carbocycles. The Bertz CT molecular complexity index is 331. The van der Waals surface area contributed by atoms with Crippen LogP contribution < -0.4 is 0 Å². The van der Waals surface area contributed by atoms with Gasteiger partial charge in [0.05, 0.1) is 8.07 Å². The number of hydrogen-bond acceptors (Lipinski definition) is 2. The van der Waals surface area contributed by atoms with Crippen molar-refractivity contribution in [3.8, 4) is 0 Å². The Morgan fingerprint density at radius 1 is 1.38 bits per heavy atom. The number of aliphatic carboxylic acids is 1. The van der Waals surface area contributed by atoms with Crippen LogP contribution in [0.15, 0.2) is 17.0 Å². The molecule has 3 nitrogen and oxygen atoms in total. The second-order valence-electron chi connectivity index (χ2n) is 5.68. The Morgan fingerprint density at radius 2 is 1.81 bits per heavy atom. The fourth-order valence-corrected chi connectivity index (χ4v) is 1.80. The van der Waals surface area contributed by atoms with Crippen LogP contribution in [0.4, 0.5) is 0 Å². The lowest BCUT2D eigenvalue weighted by atomic mass is 10.2. The predicted molar refractivity (Wildman–Crippen MR) is 68.1 cm³/mol. The molecule has 0 fully saturated rings. The van der Waals surface area contributed by atoms with Gasteiger partial charge >= 0.3 is 5.97 Å². The zero-order valence-electron chi connectivity index (χ0n) is 11.0. The summed E-state index contributed by atoms with van der Waals surface area (Å²) in [4.78, 5) is 10.5. The number of aliphatic hydroxyl groups excluding tert-OH is 1. The number of carbonyl (C=O) groups is 1. The number of aliphatic hydroxyl groups is 1. The second kappa shape index (κ2) is 5.00. The summed E-state index contributed by atoms with van der Waals surface area (Å²) in [5.74, 6) is -1.23. The highest BCUT2D eigenvalue weighted by Crippen LogP contribution is 2.36. The third-order valence-corrected chi connectivity index (χ3v) is 7.97. The van der Waals surface area contributed by atoms with Crippen molar-refractivity contribution in [1.82, 2.24) is 0 Å². The molecule has 0 rings (SSSR count). The van der Waals surface area contributed by atoms with E-state index in [-0.39, 0.29) is 5.04 Å². The summed E-state index contributed by atoms with van der Waals surface area (Å²) in [7, 11) is -1.61. The molecule has 0 bridgehead atoms. The number of hydrogen-bond donors (Lipinski definition) is 2. The van der Waals surface area contributed by atoms with Crippen LogP contribution in [0.25, 0.3) is 0 Å². The highest BCUT2D eigenvalue weighted by molar-refractivity contribution is 6.84. The first-order chi connectivity index (χ1) is 6.99. The normalized spacial score (nSPS) is 13.9. The molecule has 1 atom stereocenters. The Balaban J connectivity index is 5.10. The molecule has 0 radical (unpaired) electrons. The Labute approximate surface area is 98.5 Å². The van der Waals surface area contributed by atoms with E-state index in [9.17, 15) is 9.90 Å². The summed E-state index contributed by atoms with van der Waals surface area (Å²) >= 11 is 0. The fraction of sp³-hybridized carbons (Fsp3) is 0.667. The highest BCUT2D eigenvalue weighted by Gasteiger charge is 2.32. The van der Waals surface area contributed by atoms with Crippen LogP contribution >= 0.6 is 0 Å². The highest BCUT2D eigenvalue weighted by atomic mass is 28.3. The van der Waals surface area contributed by atoms with Gasteiger partial charge in [0.2, 0.25) is 0 Å². The Kier molecular flexibility index (Phi) is 4.74. The summed E-state index contributed by atoms with van der Waals surface area (Å²) in [6.45, 7) is 12.5. The summed E-state index contributed by atoms with van der Waals surface area (Å²) in [6, 6.07) is 0. The van der Waals surface area contributed by atoms with Gasteiger partial charge in [-0.05, 0) is 12.0 Å². The number of carboxylic acids is 1. The molecule has 92 valence electrons. The molecule has 1 unspecified atom stereocenters. The maximum atomic E-state index is 10.5. The SMILES string of the molecule is CC(=C=C[Si](C)(C)C(C)(C)C)C(O)C(=O)O. The molecule has 0 amide bonds. The van der Waals surface area contributed by atoms with E-state index >= 15 is 0 Å². The first-order valence-electron chi connectivity index (χ1n) is 5.34. The summed E-state index contributed by atoms with van der Waals surface area (Å²) in [5, 5.41) is 18.1. The van der Waals surface area contributed by atoms with E-state index in [2.05, 4.69) is 39.6 Å². The van der Waals surface area contributed by atoms with Crippen molar-refractivity contribution in [3.63, 3.8) is 0 Å². The van der Waals surface area contributed by atoms with Crippen molar-refractivity contribution in [1.29, 1.82) is 0 Å². The van der Waals surface area contributed by atoms with Gasteiger partial charge in [0.1, 0.15) is 0 Å². The van der Waals surface area contributed by atoms with E-state index in [1.54, 1.807) is 6.92 Å². The van der Waals surface area contributed by atoms with Gasteiger partial charge in [-0.1, -0.05) is 39.6 Å². The summed E-state index contributed by atoms with van der Waals surface area (Å²) < 4.78 is 0. The lowest BCUT2D eigenvalue weighted by Gasteiger charge is -2.33. The van der Waals surface area contributed by atoms with Crippen LogP contribution in [0, 0.1) is 0 Å². The van der Waals surface area contributed by atoms with Gasteiger partial charge in [0.25, 0.3) is 0 Å². The average Bonchev–Trinajstić information content (AvgIpc) is 2.11. The van der Waals surface area contributed by atoms with E-state index in [4.69, 9.17) is 5.11 Å². The van der Waals surface area contributed by atoms with E-state index in [1.165, 1.54) is 0 Å². The van der Waals surface area contributed by atoms with Crippen LogP contribution in [0.5, 0.6) is 0 Å². The van der Waals surface area contributed by atoms with Crippen LogP contribution in [0.2, 0.25) is 18.1 Å². The van der Waals surface area contributed by atoms with Gasteiger partial charge in [-0.25, -0.2) is 4.79 Å². The maximum absolute atomic E-state index is 10.5. The molecule has 0 aliphatic heterocycles. The molecule has 0 aliphatic rings. The van der Waals surface area contributed by atoms with E-state index < -0.39 is 20.1 Å².